The molecule has 1 aromatic carbocycles. The maximum Gasteiger partial charge on any atom is 0.305 e. The molecule has 0 bridgehead atoms. The second-order valence-electron chi connectivity index (χ2n) is 5.47. The molecule has 0 spiro atoms. The molecule has 2 N–H and O–H groups in total. The lowest BCUT2D eigenvalue weighted by Crippen LogP contribution is -2.47. The second kappa shape index (κ2) is 6.00. The number of rotatable bonds is 3. The van der Waals surface area contributed by atoms with Gasteiger partial charge in [-0.2, -0.15) is 16.9 Å². The van der Waals surface area contributed by atoms with E-state index in [1.807, 2.05) is 19.1 Å². The number of carboxylic acid groups (broad SMARTS) is 1. The Kier molecular flexibility index (Phi) is 4.06. The largest absolute Gasteiger partial charge is 0.481 e. The maximum atomic E-state index is 12.9. The molecule has 1 unspecified atom stereocenters. The molecule has 1 aliphatic rings. The van der Waals surface area contributed by atoms with Gasteiger partial charge in [0.2, 0.25) is 0 Å². The number of H-pyrrole nitrogens is 1. The third-order valence-corrected chi connectivity index (χ3v) is 4.91. The zero-order chi connectivity index (χ0) is 15.7. The van der Waals surface area contributed by atoms with Crippen molar-refractivity contribution >= 4 is 34.5 Å². The maximum absolute atomic E-state index is 12.9. The molecule has 0 aliphatic carbocycles. The van der Waals surface area contributed by atoms with Crippen LogP contribution in [0.1, 0.15) is 22.3 Å². The van der Waals surface area contributed by atoms with Gasteiger partial charge < -0.3 is 10.0 Å². The predicted molar refractivity (Wildman–Crippen MR) is 85.2 cm³/mol. The summed E-state index contributed by atoms with van der Waals surface area (Å²) in [6.07, 6.45) is 1.68. The molecule has 6 nitrogen and oxygen atoms in total. The van der Waals surface area contributed by atoms with Gasteiger partial charge in [-0.15, -0.1) is 0 Å². The summed E-state index contributed by atoms with van der Waals surface area (Å²) in [4.78, 5) is 25.7. The van der Waals surface area contributed by atoms with Crippen LogP contribution in [0.15, 0.2) is 18.3 Å². The van der Waals surface area contributed by atoms with Crippen molar-refractivity contribution in [2.75, 3.05) is 18.1 Å². The van der Waals surface area contributed by atoms with E-state index in [0.717, 1.165) is 16.7 Å². The fourth-order valence-corrected chi connectivity index (χ4v) is 3.89. The highest BCUT2D eigenvalue weighted by atomic mass is 32.2. The molecule has 1 fully saturated rings. The number of amides is 1. The lowest BCUT2D eigenvalue weighted by molar-refractivity contribution is -0.138. The molecular formula is C15H17N3O3S. The molecular weight excluding hydrogens is 302 g/mol. The van der Waals surface area contributed by atoms with Gasteiger partial charge in [-0.05, 0) is 24.6 Å². The van der Waals surface area contributed by atoms with Gasteiger partial charge in [0.1, 0.15) is 0 Å². The van der Waals surface area contributed by atoms with Crippen molar-refractivity contribution in [3.05, 3.63) is 29.5 Å². The van der Waals surface area contributed by atoms with E-state index in [1.165, 1.54) is 0 Å². The van der Waals surface area contributed by atoms with Crippen LogP contribution in [0.5, 0.6) is 0 Å². The highest BCUT2D eigenvalue weighted by Gasteiger charge is 2.30. The number of thioether (sulfide) groups is 1. The summed E-state index contributed by atoms with van der Waals surface area (Å²) in [5.41, 5.74) is 2.26. The Morgan fingerprint density at radius 2 is 2.32 bits per heavy atom. The number of nitrogens with one attached hydrogen (secondary N) is 1. The summed E-state index contributed by atoms with van der Waals surface area (Å²) in [7, 11) is 0. The minimum absolute atomic E-state index is 0.0172. The number of carbonyl (C=O) groups excluding carboxylic acids is 1. The standard InChI is InChI=1S/C15H17N3O3S/c1-9-4-10-7-16-17-14(10)12(5-9)15(21)18-2-3-22-8-11(18)6-13(19)20/h4-5,7,11H,2-3,6,8H2,1H3,(H,16,17)(H,19,20). The Hall–Kier alpha value is -2.02. The Morgan fingerprint density at radius 1 is 1.50 bits per heavy atom. The third kappa shape index (κ3) is 2.81. The number of carbonyl (C=O) groups is 2. The molecule has 1 atom stereocenters. The molecule has 1 aromatic heterocycles. The summed E-state index contributed by atoms with van der Waals surface area (Å²) >= 11 is 1.69. The molecule has 2 heterocycles. The van der Waals surface area contributed by atoms with Crippen LogP contribution >= 0.6 is 11.8 Å². The Morgan fingerprint density at radius 3 is 3.09 bits per heavy atom. The minimum Gasteiger partial charge on any atom is -0.481 e. The van der Waals surface area contributed by atoms with E-state index >= 15 is 0 Å². The summed E-state index contributed by atoms with van der Waals surface area (Å²) in [5.74, 6) is 0.501. The van der Waals surface area contributed by atoms with E-state index in [-0.39, 0.29) is 18.4 Å². The van der Waals surface area contributed by atoms with E-state index in [4.69, 9.17) is 5.11 Å². The number of nitrogens with zero attached hydrogens (tertiary/aromatic N) is 2. The summed E-state index contributed by atoms with van der Waals surface area (Å²) in [6, 6.07) is 3.54. The van der Waals surface area contributed by atoms with Crippen molar-refractivity contribution in [3.63, 3.8) is 0 Å². The van der Waals surface area contributed by atoms with E-state index in [2.05, 4.69) is 10.2 Å². The number of aromatic nitrogens is 2. The Bertz CT molecular complexity index is 728. The fraction of sp³-hybridized carbons (Fsp3) is 0.400. The number of fused-ring (bicyclic) bond motifs is 1. The topological polar surface area (TPSA) is 86.3 Å². The van der Waals surface area contributed by atoms with Crippen LogP contribution in [0.4, 0.5) is 0 Å². The number of aliphatic carboxylic acids is 1. The van der Waals surface area contributed by atoms with Crippen molar-refractivity contribution in [3.8, 4) is 0 Å². The van der Waals surface area contributed by atoms with Crippen LogP contribution in [0.2, 0.25) is 0 Å². The van der Waals surface area contributed by atoms with Crippen LogP contribution in [0.3, 0.4) is 0 Å². The number of carboxylic acids is 1. The minimum atomic E-state index is -0.874. The first-order valence-corrected chi connectivity index (χ1v) is 8.26. The quantitative estimate of drug-likeness (QED) is 0.902. The molecule has 7 heteroatoms. The first-order valence-electron chi connectivity index (χ1n) is 7.10. The van der Waals surface area contributed by atoms with Crippen LogP contribution in [0.25, 0.3) is 10.9 Å². The monoisotopic (exact) mass is 319 g/mol. The van der Waals surface area contributed by atoms with Crippen LogP contribution in [0, 0.1) is 6.92 Å². The predicted octanol–water partition coefficient (Wildman–Crippen LogP) is 1.90. The van der Waals surface area contributed by atoms with Gasteiger partial charge in [0.25, 0.3) is 5.91 Å². The van der Waals surface area contributed by atoms with Crippen molar-refractivity contribution < 1.29 is 14.7 Å². The number of aryl methyl sites for hydroxylation is 1. The molecule has 1 saturated heterocycles. The fourth-order valence-electron chi connectivity index (χ4n) is 2.82. The first-order chi connectivity index (χ1) is 10.6. The van der Waals surface area contributed by atoms with Crippen molar-refractivity contribution in [2.45, 2.75) is 19.4 Å². The molecule has 0 radical (unpaired) electrons. The highest BCUT2D eigenvalue weighted by molar-refractivity contribution is 7.99. The number of benzene rings is 1. The van der Waals surface area contributed by atoms with Crippen LogP contribution in [-0.2, 0) is 4.79 Å². The summed E-state index contributed by atoms with van der Waals surface area (Å²) < 4.78 is 0. The second-order valence-corrected chi connectivity index (χ2v) is 6.62. The van der Waals surface area contributed by atoms with Gasteiger partial charge in [0.05, 0.1) is 29.7 Å². The molecule has 116 valence electrons. The SMILES string of the molecule is Cc1cc(C(=O)N2CCSCC2CC(=O)O)c2[nH]ncc2c1. The smallest absolute Gasteiger partial charge is 0.305 e. The Balaban J connectivity index is 1.96. The number of hydrogen-bond donors (Lipinski definition) is 2. The Labute approximate surface area is 131 Å². The summed E-state index contributed by atoms with van der Waals surface area (Å²) in [6.45, 7) is 2.51. The van der Waals surface area contributed by atoms with Gasteiger partial charge in [0, 0.05) is 23.4 Å². The van der Waals surface area contributed by atoms with Crippen LogP contribution < -0.4 is 0 Å². The average molecular weight is 319 g/mol. The van der Waals surface area contributed by atoms with Gasteiger partial charge in [-0.1, -0.05) is 0 Å². The molecule has 2 aromatic rings. The van der Waals surface area contributed by atoms with E-state index in [0.29, 0.717) is 23.4 Å². The molecule has 1 amide bonds. The summed E-state index contributed by atoms with van der Waals surface area (Å²) in [5, 5.41) is 16.8. The van der Waals surface area contributed by atoms with Gasteiger partial charge >= 0.3 is 5.97 Å². The lowest BCUT2D eigenvalue weighted by atomic mass is 10.0. The lowest BCUT2D eigenvalue weighted by Gasteiger charge is -2.34. The normalized spacial score (nSPS) is 18.6. The zero-order valence-electron chi connectivity index (χ0n) is 12.2. The molecule has 22 heavy (non-hydrogen) atoms. The van der Waals surface area contributed by atoms with E-state index in [1.54, 1.807) is 22.9 Å². The van der Waals surface area contributed by atoms with Crippen LogP contribution in [-0.4, -0.2) is 56.2 Å². The molecule has 3 rings (SSSR count). The van der Waals surface area contributed by atoms with Gasteiger partial charge in [-0.25, -0.2) is 0 Å². The molecule has 1 aliphatic heterocycles. The zero-order valence-corrected chi connectivity index (χ0v) is 13.0. The number of hydrogen-bond acceptors (Lipinski definition) is 4. The third-order valence-electron chi connectivity index (χ3n) is 3.82. The number of aromatic amines is 1. The van der Waals surface area contributed by atoms with Crippen molar-refractivity contribution in [2.24, 2.45) is 0 Å². The van der Waals surface area contributed by atoms with E-state index < -0.39 is 5.97 Å². The molecule has 0 saturated carbocycles. The average Bonchev–Trinajstić information content (AvgIpc) is 2.93. The van der Waals surface area contributed by atoms with Crippen molar-refractivity contribution in [1.82, 2.24) is 15.1 Å². The van der Waals surface area contributed by atoms with Gasteiger partial charge in [-0.3, -0.25) is 14.7 Å². The van der Waals surface area contributed by atoms with Crippen molar-refractivity contribution in [1.29, 1.82) is 0 Å². The van der Waals surface area contributed by atoms with Gasteiger partial charge in [0.15, 0.2) is 0 Å². The first kappa shape index (κ1) is 14.9. The van der Waals surface area contributed by atoms with E-state index in [9.17, 15) is 9.59 Å². The highest BCUT2D eigenvalue weighted by Crippen LogP contribution is 2.25.